The predicted octanol–water partition coefficient (Wildman–Crippen LogP) is 0.784. The van der Waals surface area contributed by atoms with Crippen LogP contribution in [-0.4, -0.2) is 30.2 Å². The van der Waals surface area contributed by atoms with Crippen LogP contribution in [0.5, 0.6) is 0 Å². The van der Waals surface area contributed by atoms with Crippen molar-refractivity contribution in [1.82, 2.24) is 5.32 Å². The molecular formula is C12H17N3O3. The Kier molecular flexibility index (Phi) is 5.66. The molecule has 0 atom stereocenters. The van der Waals surface area contributed by atoms with Gasteiger partial charge in [0.1, 0.15) is 0 Å². The second-order valence-corrected chi connectivity index (χ2v) is 3.72. The Morgan fingerprint density at radius 3 is 2.67 bits per heavy atom. The van der Waals surface area contributed by atoms with Gasteiger partial charge in [-0.05, 0) is 18.1 Å². The molecular weight excluding hydrogens is 234 g/mol. The van der Waals surface area contributed by atoms with E-state index in [0.717, 1.165) is 5.56 Å². The van der Waals surface area contributed by atoms with E-state index in [0.29, 0.717) is 25.2 Å². The van der Waals surface area contributed by atoms with Crippen molar-refractivity contribution in [2.24, 2.45) is 5.73 Å². The number of benzene rings is 1. The first kappa shape index (κ1) is 14.0. The predicted molar refractivity (Wildman–Crippen MR) is 68.5 cm³/mol. The SMILES string of the molecule is NCCNC(=O)Nc1ccccc1CCC(=O)O. The van der Waals surface area contributed by atoms with Gasteiger partial charge < -0.3 is 21.5 Å². The van der Waals surface area contributed by atoms with E-state index in [-0.39, 0.29) is 12.5 Å². The summed E-state index contributed by atoms with van der Waals surface area (Å²) in [5.41, 5.74) is 6.69. The molecule has 0 aliphatic heterocycles. The number of urea groups is 1. The number of amides is 2. The van der Waals surface area contributed by atoms with Crippen LogP contribution in [0.25, 0.3) is 0 Å². The summed E-state index contributed by atoms with van der Waals surface area (Å²) >= 11 is 0. The zero-order chi connectivity index (χ0) is 13.4. The van der Waals surface area contributed by atoms with Gasteiger partial charge in [0.15, 0.2) is 0 Å². The molecule has 0 radical (unpaired) electrons. The first-order valence-electron chi connectivity index (χ1n) is 5.68. The van der Waals surface area contributed by atoms with Crippen molar-refractivity contribution in [3.8, 4) is 0 Å². The average molecular weight is 251 g/mol. The summed E-state index contributed by atoms with van der Waals surface area (Å²) in [6, 6.07) is 6.77. The Hall–Kier alpha value is -2.08. The summed E-state index contributed by atoms with van der Waals surface area (Å²) in [4.78, 5) is 22.0. The molecule has 98 valence electrons. The lowest BCUT2D eigenvalue weighted by Crippen LogP contribution is -2.33. The standard InChI is InChI=1S/C12H17N3O3/c13-7-8-14-12(18)15-10-4-2-1-3-9(10)5-6-11(16)17/h1-4H,5-8,13H2,(H,16,17)(H2,14,15,18). The molecule has 6 heteroatoms. The lowest BCUT2D eigenvalue weighted by atomic mass is 10.1. The fourth-order valence-corrected chi connectivity index (χ4v) is 1.45. The highest BCUT2D eigenvalue weighted by Gasteiger charge is 2.07. The molecule has 1 aromatic rings. The van der Waals surface area contributed by atoms with Crippen LogP contribution < -0.4 is 16.4 Å². The van der Waals surface area contributed by atoms with Gasteiger partial charge in [-0.1, -0.05) is 18.2 Å². The van der Waals surface area contributed by atoms with Gasteiger partial charge in [-0.25, -0.2) is 4.79 Å². The maximum absolute atomic E-state index is 11.5. The molecule has 0 saturated heterocycles. The summed E-state index contributed by atoms with van der Waals surface area (Å²) in [6.45, 7) is 0.761. The Morgan fingerprint density at radius 2 is 2.00 bits per heavy atom. The number of para-hydroxylation sites is 1. The van der Waals surface area contributed by atoms with E-state index in [1.165, 1.54) is 0 Å². The molecule has 2 amide bonds. The summed E-state index contributed by atoms with van der Waals surface area (Å²) in [7, 11) is 0. The van der Waals surface area contributed by atoms with Crippen LogP contribution in [0.4, 0.5) is 10.5 Å². The number of nitrogens with two attached hydrogens (primary N) is 1. The molecule has 1 rings (SSSR count). The summed E-state index contributed by atoms with van der Waals surface area (Å²) in [6.07, 6.45) is 0.409. The van der Waals surface area contributed by atoms with E-state index in [1.54, 1.807) is 24.3 Å². The van der Waals surface area contributed by atoms with Gasteiger partial charge in [-0.2, -0.15) is 0 Å². The number of carbonyl (C=O) groups is 2. The minimum Gasteiger partial charge on any atom is -0.481 e. The van der Waals surface area contributed by atoms with Crippen LogP contribution in [0, 0.1) is 0 Å². The molecule has 0 saturated carbocycles. The zero-order valence-corrected chi connectivity index (χ0v) is 9.98. The van der Waals surface area contributed by atoms with E-state index >= 15 is 0 Å². The van der Waals surface area contributed by atoms with Crippen molar-refractivity contribution in [3.05, 3.63) is 29.8 Å². The number of aryl methyl sites for hydroxylation is 1. The largest absolute Gasteiger partial charge is 0.481 e. The van der Waals surface area contributed by atoms with Crippen molar-refractivity contribution < 1.29 is 14.7 Å². The summed E-state index contributed by atoms with van der Waals surface area (Å²) in [5, 5.41) is 13.9. The Labute approximate surface area is 105 Å². The molecule has 6 nitrogen and oxygen atoms in total. The quantitative estimate of drug-likeness (QED) is 0.599. The van der Waals surface area contributed by atoms with E-state index < -0.39 is 5.97 Å². The Morgan fingerprint density at radius 1 is 1.28 bits per heavy atom. The zero-order valence-electron chi connectivity index (χ0n) is 9.98. The van der Waals surface area contributed by atoms with Gasteiger partial charge in [0.05, 0.1) is 0 Å². The molecule has 0 unspecified atom stereocenters. The summed E-state index contributed by atoms with van der Waals surface area (Å²) < 4.78 is 0. The lowest BCUT2D eigenvalue weighted by molar-refractivity contribution is -0.136. The Balaban J connectivity index is 2.63. The minimum atomic E-state index is -0.864. The van der Waals surface area contributed by atoms with Crippen LogP contribution in [0.3, 0.4) is 0 Å². The number of carboxylic acids is 1. The molecule has 0 heterocycles. The highest BCUT2D eigenvalue weighted by molar-refractivity contribution is 5.90. The van der Waals surface area contributed by atoms with Crippen molar-refractivity contribution in [2.45, 2.75) is 12.8 Å². The minimum absolute atomic E-state index is 0.0309. The first-order chi connectivity index (χ1) is 8.63. The van der Waals surface area contributed by atoms with Crippen LogP contribution in [-0.2, 0) is 11.2 Å². The van der Waals surface area contributed by atoms with Crippen LogP contribution in [0.15, 0.2) is 24.3 Å². The highest BCUT2D eigenvalue weighted by Crippen LogP contribution is 2.16. The molecule has 0 aliphatic rings. The molecule has 0 bridgehead atoms. The lowest BCUT2D eigenvalue weighted by Gasteiger charge is -2.10. The molecule has 0 spiro atoms. The molecule has 1 aromatic carbocycles. The van der Waals surface area contributed by atoms with Crippen molar-refractivity contribution in [1.29, 1.82) is 0 Å². The first-order valence-corrected chi connectivity index (χ1v) is 5.68. The third-order valence-corrected chi connectivity index (χ3v) is 2.30. The highest BCUT2D eigenvalue weighted by atomic mass is 16.4. The topological polar surface area (TPSA) is 104 Å². The van der Waals surface area contributed by atoms with Crippen LogP contribution >= 0.6 is 0 Å². The van der Waals surface area contributed by atoms with Gasteiger partial charge in [0.2, 0.25) is 0 Å². The fraction of sp³-hybridized carbons (Fsp3) is 0.333. The van der Waals surface area contributed by atoms with Gasteiger partial charge >= 0.3 is 12.0 Å². The number of anilines is 1. The van der Waals surface area contributed by atoms with E-state index in [1.807, 2.05) is 0 Å². The van der Waals surface area contributed by atoms with Crippen molar-refractivity contribution >= 4 is 17.7 Å². The van der Waals surface area contributed by atoms with E-state index in [2.05, 4.69) is 10.6 Å². The molecule has 0 aliphatic carbocycles. The van der Waals surface area contributed by atoms with Gasteiger partial charge in [0, 0.05) is 25.2 Å². The number of hydrogen-bond donors (Lipinski definition) is 4. The Bertz CT molecular complexity index is 421. The molecule has 5 N–H and O–H groups in total. The average Bonchev–Trinajstić information content (AvgIpc) is 2.35. The number of aliphatic carboxylic acids is 1. The van der Waals surface area contributed by atoms with Gasteiger partial charge in [0.25, 0.3) is 0 Å². The van der Waals surface area contributed by atoms with Crippen molar-refractivity contribution in [3.63, 3.8) is 0 Å². The number of carboxylic acid groups (broad SMARTS) is 1. The third kappa shape index (κ3) is 4.84. The summed E-state index contributed by atoms with van der Waals surface area (Å²) in [5.74, 6) is -0.864. The number of rotatable bonds is 6. The van der Waals surface area contributed by atoms with Gasteiger partial charge in [-0.15, -0.1) is 0 Å². The number of hydrogen-bond acceptors (Lipinski definition) is 3. The normalized spacial score (nSPS) is 9.83. The number of carbonyl (C=O) groups excluding carboxylic acids is 1. The van der Waals surface area contributed by atoms with Gasteiger partial charge in [-0.3, -0.25) is 4.79 Å². The van der Waals surface area contributed by atoms with E-state index in [9.17, 15) is 9.59 Å². The maximum atomic E-state index is 11.5. The molecule has 0 aromatic heterocycles. The smallest absolute Gasteiger partial charge is 0.319 e. The third-order valence-electron chi connectivity index (χ3n) is 2.30. The second kappa shape index (κ2) is 7.29. The number of nitrogens with one attached hydrogen (secondary N) is 2. The van der Waals surface area contributed by atoms with Crippen LogP contribution in [0.1, 0.15) is 12.0 Å². The maximum Gasteiger partial charge on any atom is 0.319 e. The molecule has 0 fully saturated rings. The monoisotopic (exact) mass is 251 g/mol. The molecule has 18 heavy (non-hydrogen) atoms. The van der Waals surface area contributed by atoms with E-state index in [4.69, 9.17) is 10.8 Å². The van der Waals surface area contributed by atoms with Crippen LogP contribution in [0.2, 0.25) is 0 Å². The fourth-order valence-electron chi connectivity index (χ4n) is 1.45. The second-order valence-electron chi connectivity index (χ2n) is 3.72. The van der Waals surface area contributed by atoms with Crippen molar-refractivity contribution in [2.75, 3.05) is 18.4 Å².